The Labute approximate surface area is 143 Å². The third-order valence-corrected chi connectivity index (χ3v) is 5.43. The third-order valence-electron chi connectivity index (χ3n) is 3.58. The van der Waals surface area contributed by atoms with Crippen molar-refractivity contribution in [2.24, 2.45) is 0 Å². The molecule has 1 aromatic carbocycles. The molecule has 0 aromatic heterocycles. The minimum absolute atomic E-state index is 0.0215. The first-order valence-corrected chi connectivity index (χ1v) is 9.27. The van der Waals surface area contributed by atoms with Crippen LogP contribution >= 0.6 is 0 Å². The highest BCUT2D eigenvalue weighted by Gasteiger charge is 2.23. The Balaban J connectivity index is 2.81. The molecule has 0 bridgehead atoms. The van der Waals surface area contributed by atoms with E-state index >= 15 is 0 Å². The predicted molar refractivity (Wildman–Crippen MR) is 93.1 cm³/mol. The van der Waals surface area contributed by atoms with Gasteiger partial charge in [0.15, 0.2) is 0 Å². The van der Waals surface area contributed by atoms with Crippen LogP contribution in [0.3, 0.4) is 0 Å². The Hall–Kier alpha value is -1.64. The van der Waals surface area contributed by atoms with E-state index in [2.05, 4.69) is 5.32 Å². The summed E-state index contributed by atoms with van der Waals surface area (Å²) in [6.07, 6.45) is 3.96. The van der Waals surface area contributed by atoms with Crippen molar-refractivity contribution >= 4 is 21.7 Å². The van der Waals surface area contributed by atoms with E-state index < -0.39 is 16.0 Å². The molecular formula is C16H26N2O5S. The molecule has 7 nitrogen and oxygen atoms in total. The lowest BCUT2D eigenvalue weighted by molar-refractivity contribution is 0.0696. The topological polar surface area (TPSA) is 95.9 Å². The number of carboxylic acids is 1. The zero-order valence-corrected chi connectivity index (χ0v) is 15.2. The van der Waals surface area contributed by atoms with Gasteiger partial charge in [-0.1, -0.05) is 12.8 Å². The van der Waals surface area contributed by atoms with Gasteiger partial charge in [0.25, 0.3) is 0 Å². The van der Waals surface area contributed by atoms with Crippen molar-refractivity contribution in [3.63, 3.8) is 0 Å². The minimum Gasteiger partial charge on any atom is -0.478 e. The molecule has 0 amide bonds. The molecule has 0 saturated heterocycles. The lowest BCUT2D eigenvalue weighted by Gasteiger charge is -2.17. The minimum atomic E-state index is -3.73. The van der Waals surface area contributed by atoms with Gasteiger partial charge in [-0.2, -0.15) is 0 Å². The number of nitrogens with zero attached hydrogens (tertiary/aromatic N) is 1. The Morgan fingerprint density at radius 1 is 1.21 bits per heavy atom. The number of hydrogen-bond donors (Lipinski definition) is 2. The van der Waals surface area contributed by atoms with Gasteiger partial charge in [-0.05, 0) is 31.0 Å². The number of unbranched alkanes of at least 4 members (excludes halogenated alkanes) is 3. The third kappa shape index (κ3) is 5.77. The average molecular weight is 358 g/mol. The monoisotopic (exact) mass is 358 g/mol. The second kappa shape index (κ2) is 9.61. The predicted octanol–water partition coefficient (Wildman–Crippen LogP) is 2.25. The number of rotatable bonds is 11. The summed E-state index contributed by atoms with van der Waals surface area (Å²) in [5.74, 6) is -1.16. The SMILES string of the molecule is COCCCCCCNc1ccc(C(=O)O)cc1S(=O)(=O)N(C)C. The van der Waals surface area contributed by atoms with Gasteiger partial charge in [-0.15, -0.1) is 0 Å². The van der Waals surface area contributed by atoms with Gasteiger partial charge in [-0.3, -0.25) is 0 Å². The molecule has 0 spiro atoms. The summed E-state index contributed by atoms with van der Waals surface area (Å²) in [5, 5.41) is 12.2. The largest absolute Gasteiger partial charge is 0.478 e. The normalized spacial score (nSPS) is 11.7. The molecule has 0 saturated carbocycles. The average Bonchev–Trinajstić information content (AvgIpc) is 2.53. The highest BCUT2D eigenvalue weighted by molar-refractivity contribution is 7.89. The maximum absolute atomic E-state index is 12.4. The van der Waals surface area contributed by atoms with Crippen LogP contribution in [0.25, 0.3) is 0 Å². The van der Waals surface area contributed by atoms with Crippen molar-refractivity contribution < 1.29 is 23.1 Å². The molecule has 0 fully saturated rings. The van der Waals surface area contributed by atoms with Crippen molar-refractivity contribution in [3.05, 3.63) is 23.8 Å². The number of hydrogen-bond acceptors (Lipinski definition) is 5. The van der Waals surface area contributed by atoms with E-state index in [1.54, 1.807) is 7.11 Å². The fourth-order valence-corrected chi connectivity index (χ4v) is 3.25. The number of methoxy groups -OCH3 is 1. The number of benzene rings is 1. The molecule has 136 valence electrons. The lowest BCUT2D eigenvalue weighted by atomic mass is 10.2. The number of aromatic carboxylic acids is 1. The summed E-state index contributed by atoms with van der Waals surface area (Å²) in [5.41, 5.74) is 0.367. The van der Waals surface area contributed by atoms with Crippen LogP contribution in [-0.4, -0.2) is 58.2 Å². The molecule has 0 unspecified atom stereocenters. The number of anilines is 1. The standard InChI is InChI=1S/C16H26N2O5S/c1-18(2)24(21,22)15-12-13(16(19)20)8-9-14(15)17-10-6-4-5-7-11-23-3/h8-9,12,17H,4-7,10-11H2,1-3H3,(H,19,20). The van der Waals surface area contributed by atoms with Gasteiger partial charge in [0, 0.05) is 34.4 Å². The van der Waals surface area contributed by atoms with Gasteiger partial charge < -0.3 is 15.2 Å². The van der Waals surface area contributed by atoms with Crippen molar-refractivity contribution in [1.82, 2.24) is 4.31 Å². The van der Waals surface area contributed by atoms with Gasteiger partial charge >= 0.3 is 5.97 Å². The van der Waals surface area contributed by atoms with Gasteiger partial charge in [0.1, 0.15) is 4.90 Å². The van der Waals surface area contributed by atoms with Gasteiger partial charge in [0.2, 0.25) is 10.0 Å². The molecule has 0 aliphatic carbocycles. The zero-order valence-electron chi connectivity index (χ0n) is 14.4. The van der Waals surface area contributed by atoms with Gasteiger partial charge in [-0.25, -0.2) is 17.5 Å². The summed E-state index contributed by atoms with van der Waals surface area (Å²) in [6, 6.07) is 4.10. The van der Waals surface area contributed by atoms with E-state index in [-0.39, 0.29) is 10.5 Å². The summed E-state index contributed by atoms with van der Waals surface area (Å²) in [6.45, 7) is 1.37. The second-order valence-corrected chi connectivity index (χ2v) is 7.76. The molecule has 8 heteroatoms. The highest BCUT2D eigenvalue weighted by Crippen LogP contribution is 2.25. The van der Waals surface area contributed by atoms with Crippen LogP contribution in [0.2, 0.25) is 0 Å². The Morgan fingerprint density at radius 2 is 1.88 bits per heavy atom. The number of ether oxygens (including phenoxy) is 1. The number of carboxylic acid groups (broad SMARTS) is 1. The van der Waals surface area contributed by atoms with Crippen molar-refractivity contribution in [1.29, 1.82) is 0 Å². The highest BCUT2D eigenvalue weighted by atomic mass is 32.2. The molecule has 0 atom stereocenters. The molecular weight excluding hydrogens is 332 g/mol. The van der Waals surface area contributed by atoms with E-state index in [1.165, 1.54) is 32.3 Å². The van der Waals surface area contributed by atoms with Crippen LogP contribution in [0.15, 0.2) is 23.1 Å². The van der Waals surface area contributed by atoms with Crippen molar-refractivity contribution in [2.45, 2.75) is 30.6 Å². The summed E-state index contributed by atoms with van der Waals surface area (Å²) >= 11 is 0. The molecule has 1 rings (SSSR count). The van der Waals surface area contributed by atoms with E-state index in [1.807, 2.05) is 0 Å². The van der Waals surface area contributed by atoms with E-state index in [9.17, 15) is 13.2 Å². The summed E-state index contributed by atoms with van der Waals surface area (Å²) < 4.78 is 30.9. The first-order valence-electron chi connectivity index (χ1n) is 7.83. The Morgan fingerprint density at radius 3 is 2.46 bits per heavy atom. The van der Waals surface area contributed by atoms with E-state index in [4.69, 9.17) is 9.84 Å². The first-order chi connectivity index (χ1) is 11.3. The maximum atomic E-state index is 12.4. The molecule has 0 aliphatic heterocycles. The molecule has 0 heterocycles. The first kappa shape index (κ1) is 20.4. The molecule has 1 aromatic rings. The Bertz CT molecular complexity index is 644. The molecule has 2 N–H and O–H groups in total. The quantitative estimate of drug-likeness (QED) is 0.589. The molecule has 0 radical (unpaired) electrons. The number of nitrogens with one attached hydrogen (secondary N) is 1. The van der Waals surface area contributed by atoms with Gasteiger partial charge in [0.05, 0.1) is 11.3 Å². The smallest absolute Gasteiger partial charge is 0.335 e. The lowest BCUT2D eigenvalue weighted by Crippen LogP contribution is -2.24. The summed E-state index contributed by atoms with van der Waals surface area (Å²) in [4.78, 5) is 11.1. The van der Waals surface area contributed by atoms with Crippen LogP contribution in [0.1, 0.15) is 36.0 Å². The fraction of sp³-hybridized carbons (Fsp3) is 0.562. The van der Waals surface area contributed by atoms with Crippen LogP contribution in [0.4, 0.5) is 5.69 Å². The molecule has 24 heavy (non-hydrogen) atoms. The van der Waals surface area contributed by atoms with Crippen LogP contribution < -0.4 is 5.32 Å². The zero-order chi connectivity index (χ0) is 18.2. The van der Waals surface area contributed by atoms with Crippen LogP contribution in [0, 0.1) is 0 Å². The van der Waals surface area contributed by atoms with Crippen LogP contribution in [-0.2, 0) is 14.8 Å². The van der Waals surface area contributed by atoms with Crippen molar-refractivity contribution in [2.75, 3.05) is 39.7 Å². The van der Waals surface area contributed by atoms with E-state index in [0.717, 1.165) is 36.6 Å². The number of sulfonamides is 1. The maximum Gasteiger partial charge on any atom is 0.335 e. The number of carbonyl (C=O) groups is 1. The van der Waals surface area contributed by atoms with E-state index in [0.29, 0.717) is 12.2 Å². The fourth-order valence-electron chi connectivity index (χ4n) is 2.16. The summed E-state index contributed by atoms with van der Waals surface area (Å²) in [7, 11) is 0.786. The molecule has 0 aliphatic rings. The second-order valence-electron chi connectivity index (χ2n) is 5.64. The van der Waals surface area contributed by atoms with Crippen molar-refractivity contribution in [3.8, 4) is 0 Å². The Kier molecular flexibility index (Phi) is 8.17. The van der Waals surface area contributed by atoms with Crippen LogP contribution in [0.5, 0.6) is 0 Å².